The molecule has 6 rings (SSSR count). The van der Waals surface area contributed by atoms with Gasteiger partial charge in [-0.25, -0.2) is 19.3 Å². The fourth-order valence-corrected chi connectivity index (χ4v) is 6.74. The molecule has 11 nitrogen and oxygen atoms in total. The SMILES string of the molecule is COc1ccc(CN2C[C@H](C(C)C)N(c3ccn4ncc(-c5ccc(-c6nccn6COCC[Si](C)(C)C)cc5)c4n3)C2=O)c(OC)c1. The molecule has 0 aliphatic carbocycles. The number of carbonyl (C=O) groups is 1. The van der Waals surface area contributed by atoms with Crippen molar-refractivity contribution in [3.05, 3.63) is 78.9 Å². The molecular weight excluding hydrogens is 623 g/mol. The highest BCUT2D eigenvalue weighted by atomic mass is 28.3. The van der Waals surface area contributed by atoms with Crippen molar-refractivity contribution in [2.45, 2.75) is 58.9 Å². The molecule has 1 aliphatic rings. The number of methoxy groups -OCH3 is 2. The zero-order valence-corrected chi connectivity index (χ0v) is 29.9. The average molecular weight is 668 g/mol. The number of anilines is 1. The number of aromatic nitrogens is 5. The fourth-order valence-electron chi connectivity index (χ4n) is 5.99. The summed E-state index contributed by atoms with van der Waals surface area (Å²) in [5.41, 5.74) is 4.46. The summed E-state index contributed by atoms with van der Waals surface area (Å²) >= 11 is 0. The van der Waals surface area contributed by atoms with E-state index >= 15 is 0 Å². The lowest BCUT2D eigenvalue weighted by molar-refractivity contribution is 0.0883. The van der Waals surface area contributed by atoms with Gasteiger partial charge in [0.15, 0.2) is 5.65 Å². The van der Waals surface area contributed by atoms with Crippen molar-refractivity contribution in [3.63, 3.8) is 0 Å². The van der Waals surface area contributed by atoms with Crippen LogP contribution >= 0.6 is 0 Å². The molecule has 5 aromatic rings. The minimum absolute atomic E-state index is 0.0504. The molecular formula is C36H45N7O4Si. The molecule has 0 radical (unpaired) electrons. The highest BCUT2D eigenvalue weighted by Crippen LogP contribution is 2.33. The van der Waals surface area contributed by atoms with Crippen molar-refractivity contribution in [1.82, 2.24) is 29.0 Å². The Labute approximate surface area is 283 Å². The molecule has 1 atom stereocenters. The molecule has 0 saturated carbocycles. The summed E-state index contributed by atoms with van der Waals surface area (Å²) in [6, 6.07) is 16.8. The molecule has 1 fully saturated rings. The van der Waals surface area contributed by atoms with Crippen molar-refractivity contribution >= 4 is 25.6 Å². The Morgan fingerprint density at radius 3 is 2.46 bits per heavy atom. The molecule has 4 heterocycles. The van der Waals surface area contributed by atoms with Crippen LogP contribution in [0.1, 0.15) is 19.4 Å². The van der Waals surface area contributed by atoms with Gasteiger partial charge in [0.25, 0.3) is 0 Å². The highest BCUT2D eigenvalue weighted by molar-refractivity contribution is 6.76. The topological polar surface area (TPSA) is 99.3 Å². The quantitative estimate of drug-likeness (QED) is 0.0980. The Kier molecular flexibility index (Phi) is 9.56. The lowest BCUT2D eigenvalue weighted by Gasteiger charge is -2.25. The number of imidazole rings is 1. The predicted octanol–water partition coefficient (Wildman–Crippen LogP) is 7.06. The van der Waals surface area contributed by atoms with E-state index in [-0.39, 0.29) is 18.0 Å². The van der Waals surface area contributed by atoms with E-state index in [0.29, 0.717) is 42.8 Å². The van der Waals surface area contributed by atoms with Gasteiger partial charge in [0, 0.05) is 62.6 Å². The lowest BCUT2D eigenvalue weighted by atomic mass is 10.0. The second-order valence-electron chi connectivity index (χ2n) is 13.8. The zero-order valence-electron chi connectivity index (χ0n) is 28.9. The average Bonchev–Trinajstić information content (AvgIpc) is 3.80. The van der Waals surface area contributed by atoms with Crippen LogP contribution in [0.3, 0.4) is 0 Å². The third-order valence-corrected chi connectivity index (χ3v) is 10.5. The van der Waals surface area contributed by atoms with Gasteiger partial charge in [-0.2, -0.15) is 5.10 Å². The van der Waals surface area contributed by atoms with Crippen LogP contribution in [0, 0.1) is 5.92 Å². The van der Waals surface area contributed by atoms with Crippen LogP contribution in [0.15, 0.2) is 73.3 Å². The van der Waals surface area contributed by atoms with E-state index in [1.165, 1.54) is 0 Å². The normalized spacial score (nSPS) is 15.2. The number of carbonyl (C=O) groups excluding carboxylic acids is 1. The maximum Gasteiger partial charge on any atom is 0.326 e. The summed E-state index contributed by atoms with van der Waals surface area (Å²) in [5, 5.41) is 4.57. The van der Waals surface area contributed by atoms with Crippen molar-refractivity contribution in [3.8, 4) is 34.0 Å². The molecule has 0 bridgehead atoms. The first-order valence-electron chi connectivity index (χ1n) is 16.4. The van der Waals surface area contributed by atoms with Crippen LogP contribution in [-0.4, -0.2) is 76.6 Å². The molecule has 3 aromatic heterocycles. The van der Waals surface area contributed by atoms with Gasteiger partial charge in [0.1, 0.15) is 29.9 Å². The van der Waals surface area contributed by atoms with Crippen molar-refractivity contribution in [2.75, 3.05) is 32.3 Å². The van der Waals surface area contributed by atoms with Crippen LogP contribution in [-0.2, 0) is 18.0 Å². The first kappa shape index (κ1) is 33.2. The van der Waals surface area contributed by atoms with Gasteiger partial charge < -0.3 is 23.7 Å². The van der Waals surface area contributed by atoms with Crippen molar-refractivity contribution in [1.29, 1.82) is 0 Å². The van der Waals surface area contributed by atoms with Crippen LogP contribution in [0.5, 0.6) is 11.5 Å². The van der Waals surface area contributed by atoms with Gasteiger partial charge in [-0.15, -0.1) is 0 Å². The number of fused-ring (bicyclic) bond motifs is 1. The number of hydrogen-bond acceptors (Lipinski definition) is 7. The van der Waals surface area contributed by atoms with E-state index < -0.39 is 8.07 Å². The van der Waals surface area contributed by atoms with E-state index in [0.717, 1.165) is 40.7 Å². The number of nitrogens with zero attached hydrogens (tertiary/aromatic N) is 7. The summed E-state index contributed by atoms with van der Waals surface area (Å²) in [7, 11) is 2.10. The molecule has 252 valence electrons. The number of urea groups is 1. The van der Waals surface area contributed by atoms with Crippen LogP contribution < -0.4 is 14.4 Å². The maximum absolute atomic E-state index is 14.0. The third kappa shape index (κ3) is 6.95. The monoisotopic (exact) mass is 667 g/mol. The number of hydrogen-bond donors (Lipinski definition) is 0. The number of amides is 2. The van der Waals surface area contributed by atoms with Crippen LogP contribution in [0.25, 0.3) is 28.2 Å². The fraction of sp³-hybridized carbons (Fsp3) is 0.389. The maximum atomic E-state index is 14.0. The molecule has 12 heteroatoms. The number of ether oxygens (including phenoxy) is 3. The molecule has 2 aromatic carbocycles. The Bertz CT molecular complexity index is 1880. The van der Waals surface area contributed by atoms with Crippen LogP contribution in [0.4, 0.5) is 10.6 Å². The minimum atomic E-state index is -1.15. The Hall–Kier alpha value is -4.68. The van der Waals surface area contributed by atoms with Gasteiger partial charge in [-0.1, -0.05) is 57.8 Å². The van der Waals surface area contributed by atoms with Gasteiger partial charge in [-0.3, -0.25) is 4.90 Å². The highest BCUT2D eigenvalue weighted by Gasteiger charge is 2.41. The molecule has 1 saturated heterocycles. The molecule has 48 heavy (non-hydrogen) atoms. The van der Waals surface area contributed by atoms with Gasteiger partial charge >= 0.3 is 6.03 Å². The Balaban J connectivity index is 1.23. The molecule has 0 spiro atoms. The molecule has 0 N–H and O–H groups in total. The summed E-state index contributed by atoms with van der Waals surface area (Å²) < 4.78 is 20.7. The first-order chi connectivity index (χ1) is 23.1. The standard InChI is InChI=1S/C36H45N7O4Si/c1-25(2)31-23-41(22-28-12-13-29(45-3)20-32(28)46-4)36(44)43(31)33-14-16-42-35(39-33)30(21-38-42)26-8-10-27(11-9-26)34-37-15-17-40(34)24-47-18-19-48(5,6)7/h8-17,20-21,25,31H,18-19,22-24H2,1-7H3/t31-/m1/s1. The Morgan fingerprint density at radius 2 is 1.75 bits per heavy atom. The zero-order chi connectivity index (χ0) is 34.0. The molecule has 1 aliphatic heterocycles. The molecule has 2 amide bonds. The summed E-state index contributed by atoms with van der Waals surface area (Å²) in [6.07, 6.45) is 7.45. The first-order valence-corrected chi connectivity index (χ1v) is 20.1. The van der Waals surface area contributed by atoms with E-state index in [4.69, 9.17) is 19.2 Å². The summed E-state index contributed by atoms with van der Waals surface area (Å²) in [6.45, 7) is 13.6. The van der Waals surface area contributed by atoms with Gasteiger partial charge in [0.2, 0.25) is 0 Å². The third-order valence-electron chi connectivity index (χ3n) is 8.84. The summed E-state index contributed by atoms with van der Waals surface area (Å²) in [5.74, 6) is 3.07. The summed E-state index contributed by atoms with van der Waals surface area (Å²) in [4.78, 5) is 27.3. The smallest absolute Gasteiger partial charge is 0.326 e. The van der Waals surface area contributed by atoms with E-state index in [9.17, 15) is 4.79 Å². The number of benzene rings is 2. The van der Waals surface area contributed by atoms with E-state index in [1.54, 1.807) is 24.9 Å². The van der Waals surface area contributed by atoms with E-state index in [1.807, 2.05) is 57.2 Å². The minimum Gasteiger partial charge on any atom is -0.497 e. The lowest BCUT2D eigenvalue weighted by Crippen LogP contribution is -2.38. The predicted molar refractivity (Wildman–Crippen MR) is 190 cm³/mol. The van der Waals surface area contributed by atoms with Gasteiger partial charge in [-0.05, 0) is 35.7 Å². The van der Waals surface area contributed by atoms with Crippen molar-refractivity contribution < 1.29 is 19.0 Å². The molecule has 0 unspecified atom stereocenters. The Morgan fingerprint density at radius 1 is 0.979 bits per heavy atom. The van der Waals surface area contributed by atoms with Crippen LogP contribution in [0.2, 0.25) is 25.7 Å². The largest absolute Gasteiger partial charge is 0.497 e. The second kappa shape index (κ2) is 13.8. The van der Waals surface area contributed by atoms with E-state index in [2.05, 4.69) is 67.8 Å². The van der Waals surface area contributed by atoms with Crippen molar-refractivity contribution in [2.24, 2.45) is 5.92 Å². The number of rotatable bonds is 13. The second-order valence-corrected chi connectivity index (χ2v) is 19.4. The van der Waals surface area contributed by atoms with Gasteiger partial charge in [0.05, 0.1) is 33.0 Å².